The molecular weight excluding hydrogens is 348 g/mol. The van der Waals surface area contributed by atoms with Gasteiger partial charge in [0.2, 0.25) is 12.3 Å². The van der Waals surface area contributed by atoms with E-state index in [1.165, 1.54) is 18.5 Å². The van der Waals surface area contributed by atoms with Crippen LogP contribution in [0.15, 0.2) is 61.1 Å². The van der Waals surface area contributed by atoms with Crippen LogP contribution in [0.3, 0.4) is 0 Å². The summed E-state index contributed by atoms with van der Waals surface area (Å²) in [5.41, 5.74) is 0.706. The highest BCUT2D eigenvalue weighted by atomic mass is 16.5. The Kier molecular flexibility index (Phi) is 6.43. The lowest BCUT2D eigenvalue weighted by Crippen LogP contribution is -2.12. The highest BCUT2D eigenvalue weighted by molar-refractivity contribution is 6.07. The number of anilines is 2. The van der Waals surface area contributed by atoms with E-state index in [-0.39, 0.29) is 24.4 Å². The van der Waals surface area contributed by atoms with Crippen LogP contribution in [0.25, 0.3) is 0 Å². The Morgan fingerprint density at radius 1 is 1.11 bits per heavy atom. The molecule has 0 saturated carbocycles. The van der Waals surface area contributed by atoms with E-state index in [9.17, 15) is 14.7 Å². The van der Waals surface area contributed by atoms with Crippen LogP contribution in [0, 0.1) is 0 Å². The van der Waals surface area contributed by atoms with Crippen molar-refractivity contribution in [2.45, 2.75) is 7.43 Å². The molecule has 1 aromatic heterocycles. The third-order valence-electron chi connectivity index (χ3n) is 3.38. The lowest BCUT2D eigenvalue weighted by atomic mass is 10.1. The van der Waals surface area contributed by atoms with Crippen LogP contribution in [-0.2, 0) is 4.79 Å². The first-order valence-corrected chi connectivity index (χ1v) is 7.55. The van der Waals surface area contributed by atoms with Gasteiger partial charge in [-0.3, -0.25) is 9.59 Å². The van der Waals surface area contributed by atoms with Gasteiger partial charge in [-0.25, -0.2) is 9.97 Å². The molecule has 3 N–H and O–H groups in total. The Balaban J connectivity index is 0.00000261. The average Bonchev–Trinajstić information content (AvgIpc) is 2.66. The number of hydrogen-bond acceptors (Lipinski definition) is 6. The Morgan fingerprint density at radius 2 is 1.89 bits per heavy atom. The second kappa shape index (κ2) is 8.95. The molecule has 0 aliphatic carbocycles. The van der Waals surface area contributed by atoms with Crippen molar-refractivity contribution in [2.75, 3.05) is 10.6 Å². The summed E-state index contributed by atoms with van der Waals surface area (Å²) in [5, 5.41) is 15.1. The number of rotatable bonds is 6. The number of carbonyl (C=O) groups is 2. The molecular formula is C19H18N4O4. The zero-order valence-electron chi connectivity index (χ0n) is 13.4. The number of phenolic OH excluding ortho intramolecular Hbond substituents is 1. The minimum atomic E-state index is -0.512. The quantitative estimate of drug-likeness (QED) is 0.455. The predicted octanol–water partition coefficient (Wildman–Crippen LogP) is 3.43. The van der Waals surface area contributed by atoms with Crippen molar-refractivity contribution in [3.8, 4) is 17.4 Å². The van der Waals surface area contributed by atoms with Crippen LogP contribution in [0.4, 0.5) is 11.4 Å². The first-order valence-electron chi connectivity index (χ1n) is 7.55. The number of hydrogen-bond donors (Lipinski definition) is 3. The lowest BCUT2D eigenvalue weighted by molar-refractivity contribution is -0.105. The van der Waals surface area contributed by atoms with Crippen molar-refractivity contribution in [3.05, 3.63) is 66.6 Å². The molecule has 0 spiro atoms. The van der Waals surface area contributed by atoms with Gasteiger partial charge in [0.25, 0.3) is 5.91 Å². The van der Waals surface area contributed by atoms with E-state index in [0.29, 0.717) is 23.7 Å². The van der Waals surface area contributed by atoms with Crippen LogP contribution >= 0.6 is 0 Å². The van der Waals surface area contributed by atoms with E-state index in [4.69, 9.17) is 4.74 Å². The van der Waals surface area contributed by atoms with Crippen molar-refractivity contribution in [3.63, 3.8) is 0 Å². The van der Waals surface area contributed by atoms with Gasteiger partial charge in [-0.2, -0.15) is 0 Å². The van der Waals surface area contributed by atoms with Gasteiger partial charge in [0.15, 0.2) is 5.75 Å². The van der Waals surface area contributed by atoms with E-state index in [1.54, 1.807) is 42.6 Å². The Labute approximate surface area is 155 Å². The first kappa shape index (κ1) is 19.4. The Morgan fingerprint density at radius 3 is 2.56 bits per heavy atom. The third kappa shape index (κ3) is 4.79. The van der Waals surface area contributed by atoms with Gasteiger partial charge < -0.3 is 20.5 Å². The molecule has 0 aliphatic heterocycles. The number of amides is 2. The number of phenols is 1. The van der Waals surface area contributed by atoms with Crippen LogP contribution in [0.1, 0.15) is 17.8 Å². The second-order valence-corrected chi connectivity index (χ2v) is 5.09. The average molecular weight is 366 g/mol. The number of benzene rings is 2. The summed E-state index contributed by atoms with van der Waals surface area (Å²) in [4.78, 5) is 30.6. The molecule has 2 amide bonds. The molecule has 3 rings (SSSR count). The zero-order chi connectivity index (χ0) is 18.4. The fourth-order valence-electron chi connectivity index (χ4n) is 2.17. The van der Waals surface area contributed by atoms with Crippen LogP contribution < -0.4 is 15.4 Å². The second-order valence-electron chi connectivity index (χ2n) is 5.09. The van der Waals surface area contributed by atoms with Gasteiger partial charge in [0.05, 0.1) is 11.3 Å². The van der Waals surface area contributed by atoms with Crippen molar-refractivity contribution >= 4 is 23.7 Å². The Bertz CT molecular complexity index is 915. The number of ether oxygens (including phenoxy) is 1. The fourth-order valence-corrected chi connectivity index (χ4v) is 2.17. The zero-order valence-corrected chi connectivity index (χ0v) is 13.4. The molecule has 0 fully saturated rings. The van der Waals surface area contributed by atoms with E-state index in [2.05, 4.69) is 20.6 Å². The number of nitrogens with one attached hydrogen (secondary N) is 2. The molecule has 138 valence electrons. The summed E-state index contributed by atoms with van der Waals surface area (Å²) in [5.74, 6) is 0.130. The van der Waals surface area contributed by atoms with Crippen molar-refractivity contribution in [1.82, 2.24) is 9.97 Å². The molecule has 0 unspecified atom stereocenters. The van der Waals surface area contributed by atoms with Crippen molar-refractivity contribution in [2.24, 2.45) is 0 Å². The molecule has 0 bridgehead atoms. The molecule has 0 atom stereocenters. The highest BCUT2D eigenvalue weighted by Crippen LogP contribution is 2.28. The maximum Gasteiger partial charge on any atom is 0.259 e. The number of nitrogens with zero attached hydrogens (tertiary/aromatic N) is 2. The molecule has 0 radical (unpaired) electrons. The van der Waals surface area contributed by atoms with Gasteiger partial charge in [0, 0.05) is 18.0 Å². The fraction of sp³-hybridized carbons (Fsp3) is 0.0526. The van der Waals surface area contributed by atoms with Crippen molar-refractivity contribution in [1.29, 1.82) is 0 Å². The molecule has 3 aromatic rings. The molecule has 0 saturated heterocycles. The molecule has 8 nitrogen and oxygen atoms in total. The minimum absolute atomic E-state index is 0. The van der Waals surface area contributed by atoms with Gasteiger partial charge in [-0.05, 0) is 36.4 Å². The van der Waals surface area contributed by atoms with Gasteiger partial charge in [-0.1, -0.05) is 13.5 Å². The third-order valence-corrected chi connectivity index (χ3v) is 3.38. The highest BCUT2D eigenvalue weighted by Gasteiger charge is 2.14. The van der Waals surface area contributed by atoms with Gasteiger partial charge in [-0.15, -0.1) is 0 Å². The maximum atomic E-state index is 12.3. The van der Waals surface area contributed by atoms with E-state index in [0.717, 1.165) is 0 Å². The van der Waals surface area contributed by atoms with Crippen LogP contribution in [0.5, 0.6) is 17.4 Å². The predicted molar refractivity (Wildman–Crippen MR) is 101 cm³/mol. The topological polar surface area (TPSA) is 113 Å². The van der Waals surface area contributed by atoms with Crippen LogP contribution in [-0.4, -0.2) is 27.4 Å². The summed E-state index contributed by atoms with van der Waals surface area (Å²) in [7, 11) is 0. The van der Waals surface area contributed by atoms with Crippen LogP contribution in [0.2, 0.25) is 0 Å². The summed E-state index contributed by atoms with van der Waals surface area (Å²) in [6.45, 7) is 0. The molecule has 0 aliphatic rings. The largest absolute Gasteiger partial charge is 0.505 e. The summed E-state index contributed by atoms with van der Waals surface area (Å²) >= 11 is 0. The number of carbonyl (C=O) groups excluding carboxylic acids is 2. The normalized spacial score (nSPS) is 9.63. The first-order chi connectivity index (χ1) is 12.7. The Hall–Kier alpha value is -3.94. The van der Waals surface area contributed by atoms with Gasteiger partial charge >= 0.3 is 0 Å². The van der Waals surface area contributed by atoms with E-state index < -0.39 is 5.91 Å². The van der Waals surface area contributed by atoms with Crippen molar-refractivity contribution < 1.29 is 19.4 Å². The molecule has 1 heterocycles. The smallest absolute Gasteiger partial charge is 0.259 e. The maximum absolute atomic E-state index is 12.3. The van der Waals surface area contributed by atoms with E-state index in [1.807, 2.05) is 0 Å². The summed E-state index contributed by atoms with van der Waals surface area (Å²) < 4.78 is 5.54. The SMILES string of the molecule is C.O=CNc1cccc(C(=O)Nc2ccc(Oc3ccncn3)cc2)c1O. The standard InChI is InChI=1S/C18H14N4O4.CH4/c23-11-21-15-3-1-2-14(17(15)24)18(25)22-12-4-6-13(7-5-12)26-16-8-9-19-10-20-16;/h1-11,24H,(H,21,23)(H,22,25);1H4. The number of aromatic hydroxyl groups is 1. The number of para-hydroxylation sites is 1. The number of aromatic nitrogens is 2. The molecule has 8 heteroatoms. The molecule has 2 aromatic carbocycles. The minimum Gasteiger partial charge on any atom is -0.505 e. The summed E-state index contributed by atoms with van der Waals surface area (Å²) in [6, 6.07) is 12.8. The molecule has 27 heavy (non-hydrogen) atoms. The lowest BCUT2D eigenvalue weighted by Gasteiger charge is -2.10. The summed E-state index contributed by atoms with van der Waals surface area (Å²) in [6.07, 6.45) is 3.37. The van der Waals surface area contributed by atoms with E-state index >= 15 is 0 Å². The monoisotopic (exact) mass is 366 g/mol. The van der Waals surface area contributed by atoms with Gasteiger partial charge in [0.1, 0.15) is 12.1 Å².